The fourth-order valence-corrected chi connectivity index (χ4v) is 4.84. The standard InChI is InChI=1S/C22H25Cl2N3O/c1-25-22-20(24)7-6-16(26-22)3-2-9-27-10-8-17-18-12-15(23)5-4-14(18)11-19(17)21(27)13-28/h4-7,12,21,28H,2-3,8-11,13H2,1H3,(H,25,26). The highest BCUT2D eigenvalue weighted by atomic mass is 35.5. The number of aliphatic hydroxyl groups excluding tert-OH is 1. The summed E-state index contributed by atoms with van der Waals surface area (Å²) in [5.41, 5.74) is 6.42. The third kappa shape index (κ3) is 3.79. The van der Waals surface area contributed by atoms with Crippen molar-refractivity contribution in [2.24, 2.45) is 0 Å². The smallest absolute Gasteiger partial charge is 0.144 e. The minimum absolute atomic E-state index is 0.0981. The number of halogens is 2. The number of fused-ring (bicyclic) bond motifs is 2. The van der Waals surface area contributed by atoms with E-state index in [9.17, 15) is 5.11 Å². The van der Waals surface area contributed by atoms with E-state index in [4.69, 9.17) is 23.2 Å². The Kier molecular flexibility index (Phi) is 5.93. The average Bonchev–Trinajstić information content (AvgIpc) is 3.06. The third-order valence-electron chi connectivity index (χ3n) is 5.85. The predicted molar refractivity (Wildman–Crippen MR) is 116 cm³/mol. The van der Waals surface area contributed by atoms with Crippen LogP contribution in [0.1, 0.15) is 29.7 Å². The monoisotopic (exact) mass is 417 g/mol. The molecule has 0 bridgehead atoms. The van der Waals surface area contributed by atoms with Crippen LogP contribution in [0.4, 0.5) is 5.82 Å². The highest BCUT2D eigenvalue weighted by Gasteiger charge is 2.33. The number of aryl methyl sites for hydroxylation is 1. The second-order valence-electron chi connectivity index (χ2n) is 7.45. The highest BCUT2D eigenvalue weighted by molar-refractivity contribution is 6.32. The Hall–Kier alpha value is -1.59. The molecule has 1 aromatic heterocycles. The fourth-order valence-electron chi connectivity index (χ4n) is 4.47. The van der Waals surface area contributed by atoms with E-state index < -0.39 is 0 Å². The van der Waals surface area contributed by atoms with Crippen molar-refractivity contribution in [2.45, 2.75) is 31.7 Å². The molecule has 0 saturated carbocycles. The molecule has 1 aromatic carbocycles. The Morgan fingerprint density at radius 1 is 1.25 bits per heavy atom. The van der Waals surface area contributed by atoms with Crippen molar-refractivity contribution < 1.29 is 5.11 Å². The lowest BCUT2D eigenvalue weighted by Gasteiger charge is -2.36. The highest BCUT2D eigenvalue weighted by Crippen LogP contribution is 2.41. The molecule has 2 N–H and O–H groups in total. The molecule has 0 spiro atoms. The molecule has 6 heteroatoms. The first-order valence-electron chi connectivity index (χ1n) is 9.79. The normalized spacial score (nSPS) is 18.9. The summed E-state index contributed by atoms with van der Waals surface area (Å²) in [6.07, 6.45) is 3.83. The van der Waals surface area contributed by atoms with Crippen molar-refractivity contribution >= 4 is 34.6 Å². The maximum atomic E-state index is 10.1. The van der Waals surface area contributed by atoms with Gasteiger partial charge in [-0.3, -0.25) is 4.90 Å². The Bertz CT molecular complexity index is 913. The minimum Gasteiger partial charge on any atom is -0.394 e. The first kappa shape index (κ1) is 19.7. The molecule has 148 valence electrons. The third-order valence-corrected chi connectivity index (χ3v) is 6.39. The van der Waals surface area contributed by atoms with Crippen LogP contribution in [0.5, 0.6) is 0 Å². The van der Waals surface area contributed by atoms with E-state index >= 15 is 0 Å². The van der Waals surface area contributed by atoms with Crippen LogP contribution in [-0.2, 0) is 12.8 Å². The summed E-state index contributed by atoms with van der Waals surface area (Å²) in [5.74, 6) is 0.725. The van der Waals surface area contributed by atoms with Gasteiger partial charge in [0.05, 0.1) is 17.7 Å². The number of hydrogen-bond acceptors (Lipinski definition) is 4. The lowest BCUT2D eigenvalue weighted by Crippen LogP contribution is -2.43. The molecule has 4 rings (SSSR count). The zero-order valence-corrected chi connectivity index (χ0v) is 17.5. The number of benzene rings is 1. The molecule has 4 nitrogen and oxygen atoms in total. The number of anilines is 1. The van der Waals surface area contributed by atoms with Gasteiger partial charge in [-0.05, 0) is 78.8 Å². The summed E-state index contributed by atoms with van der Waals surface area (Å²) >= 11 is 12.3. The van der Waals surface area contributed by atoms with Crippen molar-refractivity contribution in [3.8, 4) is 0 Å². The van der Waals surface area contributed by atoms with Crippen molar-refractivity contribution in [1.82, 2.24) is 9.88 Å². The molecule has 0 amide bonds. The van der Waals surface area contributed by atoms with Gasteiger partial charge in [-0.2, -0.15) is 0 Å². The van der Waals surface area contributed by atoms with Gasteiger partial charge in [0.15, 0.2) is 0 Å². The van der Waals surface area contributed by atoms with Gasteiger partial charge in [0.25, 0.3) is 0 Å². The van der Waals surface area contributed by atoms with E-state index in [0.29, 0.717) is 5.02 Å². The van der Waals surface area contributed by atoms with E-state index in [1.54, 1.807) is 0 Å². The molecular weight excluding hydrogens is 393 g/mol. The molecule has 0 saturated heterocycles. The van der Waals surface area contributed by atoms with Crippen LogP contribution in [0.15, 0.2) is 35.9 Å². The first-order chi connectivity index (χ1) is 13.6. The quantitative estimate of drug-likeness (QED) is 0.729. The molecule has 2 aromatic rings. The van der Waals surface area contributed by atoms with Crippen molar-refractivity contribution in [3.63, 3.8) is 0 Å². The van der Waals surface area contributed by atoms with Crippen LogP contribution in [0.3, 0.4) is 0 Å². The number of aromatic nitrogens is 1. The van der Waals surface area contributed by atoms with Gasteiger partial charge in [-0.1, -0.05) is 29.3 Å². The summed E-state index contributed by atoms with van der Waals surface area (Å²) in [4.78, 5) is 6.99. The Morgan fingerprint density at radius 2 is 2.11 bits per heavy atom. The molecule has 1 aliphatic carbocycles. The van der Waals surface area contributed by atoms with Gasteiger partial charge in [-0.25, -0.2) is 4.98 Å². The van der Waals surface area contributed by atoms with Gasteiger partial charge in [0.2, 0.25) is 0 Å². The molecule has 0 radical (unpaired) electrons. The summed E-state index contributed by atoms with van der Waals surface area (Å²) in [6.45, 7) is 2.06. The number of pyridine rings is 1. The summed E-state index contributed by atoms with van der Waals surface area (Å²) < 4.78 is 0. The van der Waals surface area contributed by atoms with Crippen LogP contribution in [0, 0.1) is 0 Å². The number of hydrogen-bond donors (Lipinski definition) is 2. The van der Waals surface area contributed by atoms with Crippen LogP contribution >= 0.6 is 23.2 Å². The van der Waals surface area contributed by atoms with E-state index in [1.807, 2.05) is 25.2 Å². The minimum atomic E-state index is 0.0981. The molecule has 0 fully saturated rings. The van der Waals surface area contributed by atoms with Crippen molar-refractivity contribution in [2.75, 3.05) is 32.1 Å². The van der Waals surface area contributed by atoms with Crippen LogP contribution in [0.2, 0.25) is 10.0 Å². The second-order valence-corrected chi connectivity index (χ2v) is 8.30. The SMILES string of the molecule is CNc1nc(CCCN2CCC3=C(Cc4ccc(Cl)cc43)C2CO)ccc1Cl. The maximum absolute atomic E-state index is 10.1. The largest absolute Gasteiger partial charge is 0.394 e. The Labute approximate surface area is 176 Å². The van der Waals surface area contributed by atoms with Crippen LogP contribution in [0.25, 0.3) is 5.57 Å². The number of nitrogens with zero attached hydrogens (tertiary/aromatic N) is 2. The average molecular weight is 418 g/mol. The molecular formula is C22H25Cl2N3O. The predicted octanol–water partition coefficient (Wildman–Crippen LogP) is 4.44. The fraction of sp³-hybridized carbons (Fsp3) is 0.409. The number of nitrogens with one attached hydrogen (secondary N) is 1. The molecule has 1 atom stereocenters. The second kappa shape index (κ2) is 8.42. The zero-order chi connectivity index (χ0) is 19.7. The van der Waals surface area contributed by atoms with Crippen molar-refractivity contribution in [3.05, 3.63) is 62.8 Å². The summed E-state index contributed by atoms with van der Waals surface area (Å²) in [7, 11) is 1.83. The topological polar surface area (TPSA) is 48.4 Å². The van der Waals surface area contributed by atoms with E-state index in [1.165, 1.54) is 22.3 Å². The molecule has 28 heavy (non-hydrogen) atoms. The van der Waals surface area contributed by atoms with Gasteiger partial charge in [0, 0.05) is 24.3 Å². The Morgan fingerprint density at radius 3 is 2.89 bits per heavy atom. The molecule has 2 heterocycles. The molecule has 2 aliphatic rings. The van der Waals surface area contributed by atoms with Crippen LogP contribution < -0.4 is 5.32 Å². The van der Waals surface area contributed by atoms with Gasteiger partial charge < -0.3 is 10.4 Å². The molecule has 1 aliphatic heterocycles. The van der Waals surface area contributed by atoms with E-state index in [0.717, 1.165) is 55.3 Å². The lowest BCUT2D eigenvalue weighted by atomic mass is 9.93. The van der Waals surface area contributed by atoms with E-state index in [-0.39, 0.29) is 12.6 Å². The van der Waals surface area contributed by atoms with Crippen LogP contribution in [-0.4, -0.2) is 47.8 Å². The zero-order valence-electron chi connectivity index (χ0n) is 16.0. The van der Waals surface area contributed by atoms with Crippen molar-refractivity contribution in [1.29, 1.82) is 0 Å². The van der Waals surface area contributed by atoms with Gasteiger partial charge >= 0.3 is 0 Å². The van der Waals surface area contributed by atoms with E-state index in [2.05, 4.69) is 27.3 Å². The molecule has 1 unspecified atom stereocenters. The Balaban J connectivity index is 1.42. The van der Waals surface area contributed by atoms with Gasteiger partial charge in [-0.15, -0.1) is 0 Å². The first-order valence-corrected chi connectivity index (χ1v) is 10.5. The summed E-state index contributed by atoms with van der Waals surface area (Å²) in [6, 6.07) is 10.1. The van der Waals surface area contributed by atoms with Gasteiger partial charge in [0.1, 0.15) is 5.82 Å². The number of rotatable bonds is 6. The number of aliphatic hydroxyl groups is 1. The summed E-state index contributed by atoms with van der Waals surface area (Å²) in [5, 5.41) is 14.6. The maximum Gasteiger partial charge on any atom is 0.144 e. The lowest BCUT2D eigenvalue weighted by molar-refractivity contribution is 0.138.